The van der Waals surface area contributed by atoms with Gasteiger partial charge >= 0.3 is 6.18 Å². The number of nitrogens with zero attached hydrogens (tertiary/aromatic N) is 2. The second-order valence-corrected chi connectivity index (χ2v) is 6.56. The lowest BCUT2D eigenvalue weighted by molar-refractivity contribution is -0.139. The Hall–Kier alpha value is -2.87. The minimum atomic E-state index is -4.61. The first-order chi connectivity index (χ1) is 13.2. The first-order valence-electron chi connectivity index (χ1n) is 8.16. The Labute approximate surface area is 163 Å². The number of ether oxygens (including phenoxy) is 1. The van der Waals surface area contributed by atoms with Crippen molar-refractivity contribution in [2.75, 3.05) is 0 Å². The van der Waals surface area contributed by atoms with Gasteiger partial charge in [-0.05, 0) is 44.2 Å². The molecule has 0 saturated carbocycles. The number of hydrogen-bond donors (Lipinski definition) is 0. The molecule has 1 heterocycles. The van der Waals surface area contributed by atoms with Gasteiger partial charge in [0.25, 0.3) is 5.89 Å². The summed E-state index contributed by atoms with van der Waals surface area (Å²) < 4.78 is 50.5. The van der Waals surface area contributed by atoms with E-state index in [4.69, 9.17) is 20.9 Å². The van der Waals surface area contributed by atoms with Gasteiger partial charge in [-0.25, -0.2) is 0 Å². The Morgan fingerprint density at radius 2 is 1.93 bits per heavy atom. The third-order valence-corrected chi connectivity index (χ3v) is 4.00. The highest BCUT2D eigenvalue weighted by molar-refractivity contribution is 6.33. The quantitative estimate of drug-likeness (QED) is 0.506. The van der Waals surface area contributed by atoms with E-state index in [0.29, 0.717) is 17.4 Å². The Morgan fingerprint density at radius 1 is 1.18 bits per heavy atom. The van der Waals surface area contributed by atoms with E-state index in [-0.39, 0.29) is 28.1 Å². The van der Waals surface area contributed by atoms with Crippen molar-refractivity contribution in [2.45, 2.75) is 26.1 Å². The molecule has 0 radical (unpaired) electrons. The van der Waals surface area contributed by atoms with Crippen LogP contribution in [0.1, 0.15) is 29.8 Å². The molecule has 146 valence electrons. The molecule has 9 heteroatoms. The molecule has 5 nitrogen and oxygen atoms in total. The fourth-order valence-electron chi connectivity index (χ4n) is 2.48. The standard InChI is InChI=1S/C19H14ClF3N2O3/c1-10(2)27-16-6-4-12(8-14(16)19(21,22)23)18-24-17(25-28-18)13-5-3-11(9-26)7-15(13)20/h3-10H,1-2H3. The maximum atomic E-state index is 13.4. The molecule has 1 aromatic heterocycles. The zero-order chi connectivity index (χ0) is 20.5. The van der Waals surface area contributed by atoms with Crippen LogP contribution >= 0.6 is 11.6 Å². The van der Waals surface area contributed by atoms with Gasteiger partial charge in [0.15, 0.2) is 0 Å². The van der Waals surface area contributed by atoms with Crippen molar-refractivity contribution in [3.8, 4) is 28.6 Å². The topological polar surface area (TPSA) is 65.2 Å². The Morgan fingerprint density at radius 3 is 2.54 bits per heavy atom. The van der Waals surface area contributed by atoms with Crippen LogP contribution in [0, 0.1) is 0 Å². The number of rotatable bonds is 5. The summed E-state index contributed by atoms with van der Waals surface area (Å²) in [5.41, 5.74) is -0.0965. The number of alkyl halides is 3. The largest absolute Gasteiger partial charge is 0.490 e. The zero-order valence-electron chi connectivity index (χ0n) is 14.7. The van der Waals surface area contributed by atoms with E-state index in [9.17, 15) is 18.0 Å². The van der Waals surface area contributed by atoms with Crippen molar-refractivity contribution in [3.05, 3.63) is 52.5 Å². The number of aromatic nitrogens is 2. The Balaban J connectivity index is 2.00. The normalized spacial score (nSPS) is 11.7. The maximum Gasteiger partial charge on any atom is 0.419 e. The predicted octanol–water partition coefficient (Wildman–Crippen LogP) is 5.68. The van der Waals surface area contributed by atoms with E-state index in [1.807, 2.05) is 0 Å². The number of benzene rings is 2. The van der Waals surface area contributed by atoms with E-state index in [2.05, 4.69) is 10.1 Å². The van der Waals surface area contributed by atoms with Crippen LogP contribution < -0.4 is 4.74 Å². The predicted molar refractivity (Wildman–Crippen MR) is 96.3 cm³/mol. The molecule has 0 unspecified atom stereocenters. The molecule has 28 heavy (non-hydrogen) atoms. The van der Waals surface area contributed by atoms with Crippen LogP contribution in [-0.2, 0) is 6.18 Å². The van der Waals surface area contributed by atoms with Crippen molar-refractivity contribution in [2.24, 2.45) is 0 Å². The van der Waals surface area contributed by atoms with Crippen LogP contribution in [0.25, 0.3) is 22.8 Å². The summed E-state index contributed by atoms with van der Waals surface area (Å²) in [5, 5.41) is 3.99. The molecule has 0 aliphatic carbocycles. The zero-order valence-corrected chi connectivity index (χ0v) is 15.5. The summed E-state index contributed by atoms with van der Waals surface area (Å²) in [6.45, 7) is 3.27. The average Bonchev–Trinajstić information content (AvgIpc) is 3.10. The number of aldehydes is 1. The van der Waals surface area contributed by atoms with Crippen molar-refractivity contribution in [1.29, 1.82) is 0 Å². The SMILES string of the molecule is CC(C)Oc1ccc(-c2nc(-c3ccc(C=O)cc3Cl)no2)cc1C(F)(F)F. The second kappa shape index (κ2) is 7.63. The van der Waals surface area contributed by atoms with Gasteiger partial charge in [0.1, 0.15) is 12.0 Å². The average molecular weight is 411 g/mol. The maximum absolute atomic E-state index is 13.4. The Kier molecular flexibility index (Phi) is 5.42. The molecule has 0 fully saturated rings. The number of hydrogen-bond acceptors (Lipinski definition) is 5. The highest BCUT2D eigenvalue weighted by atomic mass is 35.5. The fourth-order valence-corrected chi connectivity index (χ4v) is 2.75. The van der Waals surface area contributed by atoms with Crippen molar-refractivity contribution in [1.82, 2.24) is 10.1 Å². The molecular weight excluding hydrogens is 397 g/mol. The molecule has 0 bridgehead atoms. The summed E-state index contributed by atoms with van der Waals surface area (Å²) >= 11 is 6.11. The molecule has 3 aromatic rings. The number of carbonyl (C=O) groups is 1. The van der Waals surface area contributed by atoms with E-state index >= 15 is 0 Å². The molecule has 2 aromatic carbocycles. The van der Waals surface area contributed by atoms with Gasteiger partial charge in [0.05, 0.1) is 16.7 Å². The molecule has 0 amide bonds. The van der Waals surface area contributed by atoms with Gasteiger partial charge in [-0.15, -0.1) is 0 Å². The number of halogens is 4. The molecule has 0 spiro atoms. The van der Waals surface area contributed by atoms with E-state index in [0.717, 1.165) is 6.07 Å². The van der Waals surface area contributed by atoms with Gasteiger partial charge in [0, 0.05) is 16.7 Å². The van der Waals surface area contributed by atoms with Gasteiger partial charge in [-0.1, -0.05) is 22.8 Å². The summed E-state index contributed by atoms with van der Waals surface area (Å²) in [4.78, 5) is 14.9. The molecule has 0 aliphatic rings. The molecule has 0 saturated heterocycles. The van der Waals surface area contributed by atoms with Gasteiger partial charge < -0.3 is 9.26 Å². The van der Waals surface area contributed by atoms with Crippen LogP contribution in [0.3, 0.4) is 0 Å². The van der Waals surface area contributed by atoms with Crippen LogP contribution in [0.4, 0.5) is 13.2 Å². The summed E-state index contributed by atoms with van der Waals surface area (Å²) in [5.74, 6) is -0.292. The summed E-state index contributed by atoms with van der Waals surface area (Å²) in [6, 6.07) is 7.99. The van der Waals surface area contributed by atoms with Gasteiger partial charge in [-0.3, -0.25) is 4.79 Å². The van der Waals surface area contributed by atoms with Crippen molar-refractivity contribution >= 4 is 17.9 Å². The number of carbonyl (C=O) groups excluding carboxylic acids is 1. The van der Waals surface area contributed by atoms with Crippen molar-refractivity contribution < 1.29 is 27.2 Å². The molecule has 0 N–H and O–H groups in total. The third-order valence-electron chi connectivity index (χ3n) is 3.69. The molecule has 3 rings (SSSR count). The van der Waals surface area contributed by atoms with Crippen LogP contribution in [0.2, 0.25) is 5.02 Å². The molecular formula is C19H14ClF3N2O3. The van der Waals surface area contributed by atoms with Crippen LogP contribution in [0.5, 0.6) is 5.75 Å². The van der Waals surface area contributed by atoms with Gasteiger partial charge in [0.2, 0.25) is 5.82 Å². The Bertz CT molecular complexity index is 1020. The second-order valence-electron chi connectivity index (χ2n) is 6.16. The van der Waals surface area contributed by atoms with Crippen LogP contribution in [-0.4, -0.2) is 22.5 Å². The monoisotopic (exact) mass is 410 g/mol. The molecule has 0 aliphatic heterocycles. The lowest BCUT2D eigenvalue weighted by atomic mass is 10.1. The van der Waals surface area contributed by atoms with Crippen LogP contribution in [0.15, 0.2) is 40.9 Å². The minimum absolute atomic E-state index is 0.0859. The smallest absolute Gasteiger partial charge is 0.419 e. The fraction of sp³-hybridized carbons (Fsp3) is 0.211. The lowest BCUT2D eigenvalue weighted by Gasteiger charge is -2.16. The highest BCUT2D eigenvalue weighted by Gasteiger charge is 2.35. The first kappa shape index (κ1) is 19.9. The van der Waals surface area contributed by atoms with Gasteiger partial charge in [-0.2, -0.15) is 18.2 Å². The molecule has 0 atom stereocenters. The van der Waals surface area contributed by atoms with E-state index < -0.39 is 17.8 Å². The summed E-state index contributed by atoms with van der Waals surface area (Å²) in [7, 11) is 0. The minimum Gasteiger partial charge on any atom is -0.490 e. The van der Waals surface area contributed by atoms with Crippen molar-refractivity contribution in [3.63, 3.8) is 0 Å². The van der Waals surface area contributed by atoms with E-state index in [1.165, 1.54) is 30.3 Å². The summed E-state index contributed by atoms with van der Waals surface area (Å²) in [6.07, 6.45) is -4.40. The van der Waals surface area contributed by atoms with E-state index in [1.54, 1.807) is 13.8 Å². The lowest BCUT2D eigenvalue weighted by Crippen LogP contribution is -2.13. The highest BCUT2D eigenvalue weighted by Crippen LogP contribution is 2.39. The first-order valence-corrected chi connectivity index (χ1v) is 8.54. The third kappa shape index (κ3) is 4.17.